The summed E-state index contributed by atoms with van der Waals surface area (Å²) in [6.45, 7) is 3.11. The highest BCUT2D eigenvalue weighted by Gasteiger charge is 2.29. The van der Waals surface area contributed by atoms with E-state index in [-0.39, 0.29) is 23.7 Å². The van der Waals surface area contributed by atoms with Crippen molar-refractivity contribution in [3.05, 3.63) is 77.4 Å². The zero-order chi connectivity index (χ0) is 22.0. The Morgan fingerprint density at radius 2 is 1.94 bits per heavy atom. The molecule has 2 heterocycles. The van der Waals surface area contributed by atoms with Crippen LogP contribution in [0, 0.1) is 12.7 Å². The predicted molar refractivity (Wildman–Crippen MR) is 115 cm³/mol. The van der Waals surface area contributed by atoms with Crippen LogP contribution in [0.4, 0.5) is 10.1 Å². The molecule has 1 unspecified atom stereocenters. The minimum atomic E-state index is -0.334. The lowest BCUT2D eigenvalue weighted by atomic mass is 10.1. The van der Waals surface area contributed by atoms with Gasteiger partial charge in [-0.2, -0.15) is 5.10 Å². The molecule has 31 heavy (non-hydrogen) atoms. The molecule has 3 aromatic rings. The molecule has 2 aromatic carbocycles. The van der Waals surface area contributed by atoms with E-state index in [1.165, 1.54) is 18.3 Å². The minimum Gasteiger partial charge on any atom is -0.368 e. The summed E-state index contributed by atoms with van der Waals surface area (Å²) in [5.41, 5.74) is 8.86. The lowest BCUT2D eigenvalue weighted by Gasteiger charge is -2.23. The fourth-order valence-corrected chi connectivity index (χ4v) is 4.00. The highest BCUT2D eigenvalue weighted by molar-refractivity contribution is 6.05. The predicted octanol–water partition coefficient (Wildman–Crippen LogP) is 3.02. The molecule has 8 heteroatoms. The first-order chi connectivity index (χ1) is 14.9. The Labute approximate surface area is 179 Å². The van der Waals surface area contributed by atoms with Crippen LogP contribution in [0.5, 0.6) is 0 Å². The van der Waals surface area contributed by atoms with Crippen molar-refractivity contribution in [2.75, 3.05) is 11.9 Å². The first-order valence-corrected chi connectivity index (χ1v) is 10.2. The normalized spacial score (nSPS) is 16.4. The van der Waals surface area contributed by atoms with Crippen LogP contribution in [0.15, 0.2) is 54.7 Å². The third kappa shape index (κ3) is 4.34. The number of primary amides is 1. The van der Waals surface area contributed by atoms with Crippen LogP contribution in [0.25, 0.3) is 5.69 Å². The molecule has 0 radical (unpaired) electrons. The van der Waals surface area contributed by atoms with Crippen molar-refractivity contribution in [2.45, 2.75) is 32.4 Å². The number of halogens is 1. The van der Waals surface area contributed by atoms with Gasteiger partial charge in [-0.25, -0.2) is 9.07 Å². The number of aromatic nitrogens is 2. The molecule has 1 fully saturated rings. The standard InChI is InChI=1S/C23H24FN5O2/c1-15-19(13-26-29(15)18-10-8-17(24)9-11-18)23(31)27-20-6-3-2-5-16(20)14-28-12-4-7-21(28)22(25)30/h2-3,5-6,8-11,13,21H,4,7,12,14H2,1H3,(H2,25,30)(H,27,31). The highest BCUT2D eigenvalue weighted by Crippen LogP contribution is 2.24. The summed E-state index contributed by atoms with van der Waals surface area (Å²) in [5.74, 6) is -0.936. The molecule has 4 rings (SSSR count). The van der Waals surface area contributed by atoms with Crippen LogP contribution in [0.1, 0.15) is 34.5 Å². The second-order valence-corrected chi connectivity index (χ2v) is 7.67. The minimum absolute atomic E-state index is 0.278. The fourth-order valence-electron chi connectivity index (χ4n) is 4.00. The summed E-state index contributed by atoms with van der Waals surface area (Å²) in [7, 11) is 0. The zero-order valence-electron chi connectivity index (χ0n) is 17.2. The summed E-state index contributed by atoms with van der Waals surface area (Å²) < 4.78 is 14.8. The van der Waals surface area contributed by atoms with Gasteiger partial charge in [0.25, 0.3) is 5.91 Å². The number of carbonyl (C=O) groups is 2. The van der Waals surface area contributed by atoms with Gasteiger partial charge in [0, 0.05) is 12.2 Å². The summed E-state index contributed by atoms with van der Waals surface area (Å²) >= 11 is 0. The van der Waals surface area contributed by atoms with Gasteiger partial charge >= 0.3 is 0 Å². The van der Waals surface area contributed by atoms with Crippen molar-refractivity contribution in [1.82, 2.24) is 14.7 Å². The highest BCUT2D eigenvalue weighted by atomic mass is 19.1. The molecular weight excluding hydrogens is 397 g/mol. The molecule has 1 aliphatic heterocycles. The topological polar surface area (TPSA) is 93.2 Å². The van der Waals surface area contributed by atoms with Gasteiger partial charge in [0.2, 0.25) is 5.91 Å². The van der Waals surface area contributed by atoms with Crippen molar-refractivity contribution in [2.24, 2.45) is 5.73 Å². The van der Waals surface area contributed by atoms with Crippen molar-refractivity contribution >= 4 is 17.5 Å². The van der Waals surface area contributed by atoms with Gasteiger partial charge in [0.15, 0.2) is 0 Å². The molecule has 1 aliphatic rings. The lowest BCUT2D eigenvalue weighted by molar-refractivity contribution is -0.122. The summed E-state index contributed by atoms with van der Waals surface area (Å²) in [6, 6.07) is 13.2. The number of nitrogens with two attached hydrogens (primary N) is 1. The van der Waals surface area contributed by atoms with E-state index < -0.39 is 0 Å². The quantitative estimate of drug-likeness (QED) is 0.640. The molecule has 1 saturated heterocycles. The molecular formula is C23H24FN5O2. The molecule has 2 amide bonds. The molecule has 7 nitrogen and oxygen atoms in total. The van der Waals surface area contributed by atoms with Gasteiger partial charge in [-0.1, -0.05) is 18.2 Å². The second kappa shape index (κ2) is 8.69. The summed E-state index contributed by atoms with van der Waals surface area (Å²) in [5, 5.41) is 7.25. The Kier molecular flexibility index (Phi) is 5.81. The van der Waals surface area contributed by atoms with Crippen LogP contribution < -0.4 is 11.1 Å². The largest absolute Gasteiger partial charge is 0.368 e. The maximum Gasteiger partial charge on any atom is 0.259 e. The smallest absolute Gasteiger partial charge is 0.259 e. The van der Waals surface area contributed by atoms with E-state index in [4.69, 9.17) is 5.73 Å². The number of nitrogens with zero attached hydrogens (tertiary/aromatic N) is 3. The molecule has 0 aliphatic carbocycles. The monoisotopic (exact) mass is 421 g/mol. The van der Waals surface area contributed by atoms with E-state index in [0.717, 1.165) is 24.9 Å². The van der Waals surface area contributed by atoms with Crippen molar-refractivity contribution < 1.29 is 14.0 Å². The molecule has 160 valence electrons. The van der Waals surface area contributed by atoms with Crippen LogP contribution >= 0.6 is 0 Å². The number of rotatable bonds is 6. The van der Waals surface area contributed by atoms with E-state index in [2.05, 4.69) is 10.4 Å². The summed E-state index contributed by atoms with van der Waals surface area (Å²) in [6.07, 6.45) is 3.18. The van der Waals surface area contributed by atoms with Crippen LogP contribution in [0.3, 0.4) is 0 Å². The van der Waals surface area contributed by atoms with Gasteiger partial charge in [0.1, 0.15) is 5.82 Å². The number of nitrogens with one attached hydrogen (secondary N) is 1. The molecule has 0 bridgehead atoms. The van der Waals surface area contributed by atoms with Gasteiger partial charge < -0.3 is 11.1 Å². The van der Waals surface area contributed by atoms with Gasteiger partial charge in [-0.3, -0.25) is 14.5 Å². The third-order valence-corrected chi connectivity index (χ3v) is 5.66. The van der Waals surface area contributed by atoms with E-state index in [9.17, 15) is 14.0 Å². The first-order valence-electron chi connectivity index (χ1n) is 10.2. The Balaban J connectivity index is 1.53. The van der Waals surface area contributed by atoms with Crippen molar-refractivity contribution in [3.63, 3.8) is 0 Å². The number of anilines is 1. The molecule has 1 aromatic heterocycles. The average Bonchev–Trinajstić information content (AvgIpc) is 3.37. The van der Waals surface area contributed by atoms with Gasteiger partial charge in [-0.05, 0) is 62.2 Å². The summed E-state index contributed by atoms with van der Waals surface area (Å²) in [4.78, 5) is 26.7. The maximum atomic E-state index is 13.2. The Morgan fingerprint density at radius 3 is 2.68 bits per heavy atom. The lowest BCUT2D eigenvalue weighted by Crippen LogP contribution is -2.39. The van der Waals surface area contributed by atoms with Crippen molar-refractivity contribution in [1.29, 1.82) is 0 Å². The van der Waals surface area contributed by atoms with E-state index in [1.807, 2.05) is 29.2 Å². The molecule has 0 saturated carbocycles. The number of benzene rings is 2. The number of carbonyl (C=O) groups excluding carboxylic acids is 2. The average molecular weight is 421 g/mol. The van der Waals surface area contributed by atoms with E-state index >= 15 is 0 Å². The fraction of sp³-hybridized carbons (Fsp3) is 0.261. The first kappa shape index (κ1) is 20.7. The molecule has 0 spiro atoms. The number of likely N-dealkylation sites (tertiary alicyclic amines) is 1. The van der Waals surface area contributed by atoms with Crippen LogP contribution in [-0.2, 0) is 11.3 Å². The Morgan fingerprint density at radius 1 is 1.19 bits per heavy atom. The number of hydrogen-bond donors (Lipinski definition) is 2. The SMILES string of the molecule is Cc1c(C(=O)Nc2ccccc2CN2CCCC2C(N)=O)cnn1-c1ccc(F)cc1. The second-order valence-electron chi connectivity index (χ2n) is 7.67. The molecule has 3 N–H and O–H groups in total. The number of para-hydroxylation sites is 1. The number of amides is 2. The van der Waals surface area contributed by atoms with E-state index in [0.29, 0.717) is 29.2 Å². The number of hydrogen-bond acceptors (Lipinski definition) is 4. The Bertz CT molecular complexity index is 1110. The van der Waals surface area contributed by atoms with Gasteiger partial charge in [-0.15, -0.1) is 0 Å². The zero-order valence-corrected chi connectivity index (χ0v) is 17.2. The van der Waals surface area contributed by atoms with Crippen LogP contribution in [-0.4, -0.2) is 39.1 Å². The maximum absolute atomic E-state index is 13.2. The van der Waals surface area contributed by atoms with Crippen molar-refractivity contribution in [3.8, 4) is 5.69 Å². The van der Waals surface area contributed by atoms with E-state index in [1.54, 1.807) is 23.7 Å². The van der Waals surface area contributed by atoms with Crippen LogP contribution in [0.2, 0.25) is 0 Å². The molecule has 1 atom stereocenters. The Hall–Kier alpha value is -3.52. The van der Waals surface area contributed by atoms with Gasteiger partial charge in [0.05, 0.1) is 29.2 Å². The third-order valence-electron chi connectivity index (χ3n) is 5.66.